The van der Waals surface area contributed by atoms with Crippen molar-refractivity contribution in [3.8, 4) is 17.2 Å². The van der Waals surface area contributed by atoms with E-state index in [0.717, 1.165) is 16.8 Å². The van der Waals surface area contributed by atoms with Gasteiger partial charge in [-0.15, -0.1) is 0 Å². The molecule has 4 heteroatoms. The maximum atomic E-state index is 12.5. The van der Waals surface area contributed by atoms with Crippen LogP contribution in [0.1, 0.15) is 44.9 Å². The first kappa shape index (κ1) is 20.7. The van der Waals surface area contributed by atoms with Crippen LogP contribution in [-0.4, -0.2) is 16.6 Å². The van der Waals surface area contributed by atoms with Gasteiger partial charge in [0.15, 0.2) is 0 Å². The average molecular weight is 386 g/mol. The maximum Gasteiger partial charge on any atom is 0.137 e. The summed E-state index contributed by atoms with van der Waals surface area (Å²) in [5.41, 5.74) is 3.17. The topological polar surface area (TPSA) is 70.8 Å². The minimum absolute atomic E-state index is 0.0379. The van der Waals surface area contributed by atoms with Gasteiger partial charge in [-0.25, -0.2) is 0 Å². The Kier molecular flexibility index (Phi) is 6.39. The van der Waals surface area contributed by atoms with Crippen LogP contribution >= 0.6 is 0 Å². The van der Waals surface area contributed by atoms with E-state index in [1.807, 2.05) is 36.4 Å². The minimum Gasteiger partial charge on any atom is -0.300 e. The third-order valence-electron chi connectivity index (χ3n) is 6.05. The molecule has 0 saturated heterocycles. The van der Waals surface area contributed by atoms with Crippen LogP contribution in [-0.2, 0) is 9.59 Å². The van der Waals surface area contributed by atoms with Crippen molar-refractivity contribution in [2.45, 2.75) is 33.6 Å². The number of nitriles is 1. The number of aromatic nitrogens is 1. The third-order valence-corrected chi connectivity index (χ3v) is 6.05. The number of nitrogens with zero attached hydrogens (tertiary/aromatic N) is 2. The fraction of sp³-hybridized carbons (Fsp3) is 0.360. The summed E-state index contributed by atoms with van der Waals surface area (Å²) in [6.45, 7) is 5.82. The standard InChI is InChI=1S/C25H26N2O2/c1-16-12-25(29)24(13-17(2)28)22(18(16)3)11-10-21-9-8-20(15-27-21)23-7-5-4-6-19(23)14-26/h4-11,15-16,18,22,24H,12-13H2,1-3H3/b11-10+/t16-,18+,22-,24+/m0/s1. The predicted molar refractivity (Wildman–Crippen MR) is 114 cm³/mol. The molecule has 1 fully saturated rings. The summed E-state index contributed by atoms with van der Waals surface area (Å²) in [6.07, 6.45) is 6.62. The van der Waals surface area contributed by atoms with Gasteiger partial charge in [0.2, 0.25) is 0 Å². The number of pyridine rings is 1. The molecule has 4 atom stereocenters. The molecule has 1 aromatic heterocycles. The number of carbonyl (C=O) groups excluding carboxylic acids is 2. The van der Waals surface area contributed by atoms with Gasteiger partial charge in [-0.05, 0) is 42.9 Å². The van der Waals surface area contributed by atoms with Gasteiger partial charge < -0.3 is 4.79 Å². The molecule has 0 bridgehead atoms. The smallest absolute Gasteiger partial charge is 0.137 e. The zero-order valence-electron chi connectivity index (χ0n) is 17.1. The lowest BCUT2D eigenvalue weighted by Crippen LogP contribution is -2.38. The molecule has 0 aliphatic heterocycles. The molecule has 0 amide bonds. The van der Waals surface area contributed by atoms with Gasteiger partial charge in [0.1, 0.15) is 11.6 Å². The Hall–Kier alpha value is -3.06. The van der Waals surface area contributed by atoms with Crippen LogP contribution in [0.25, 0.3) is 17.2 Å². The van der Waals surface area contributed by atoms with E-state index in [2.05, 4.69) is 31.0 Å². The van der Waals surface area contributed by atoms with Crippen molar-refractivity contribution in [1.82, 2.24) is 4.98 Å². The Morgan fingerprint density at radius 3 is 2.66 bits per heavy atom. The molecule has 1 aliphatic rings. The SMILES string of the molecule is CC(=O)C[C@H]1C(=O)C[C@H](C)[C@@H](C)[C@@H]1/C=C/c1ccc(-c2ccccc2C#N)cn1. The summed E-state index contributed by atoms with van der Waals surface area (Å²) in [5, 5.41) is 9.28. The lowest BCUT2D eigenvalue weighted by Gasteiger charge is -2.37. The summed E-state index contributed by atoms with van der Waals surface area (Å²) in [7, 11) is 0. The number of rotatable bonds is 5. The normalized spacial score (nSPS) is 24.4. The maximum absolute atomic E-state index is 12.5. The van der Waals surface area contributed by atoms with Crippen molar-refractivity contribution in [3.05, 3.63) is 59.9 Å². The van der Waals surface area contributed by atoms with Gasteiger partial charge in [-0.2, -0.15) is 5.26 Å². The summed E-state index contributed by atoms with van der Waals surface area (Å²) in [4.78, 5) is 28.7. The fourth-order valence-corrected chi connectivity index (χ4v) is 4.19. The number of hydrogen-bond donors (Lipinski definition) is 0. The quantitative estimate of drug-likeness (QED) is 0.717. The van der Waals surface area contributed by atoms with Gasteiger partial charge in [0.05, 0.1) is 17.3 Å². The molecule has 0 unspecified atom stereocenters. The molecule has 4 nitrogen and oxygen atoms in total. The van der Waals surface area contributed by atoms with E-state index < -0.39 is 0 Å². The van der Waals surface area contributed by atoms with Crippen molar-refractivity contribution in [3.63, 3.8) is 0 Å². The number of allylic oxidation sites excluding steroid dienone is 1. The Morgan fingerprint density at radius 2 is 2.00 bits per heavy atom. The van der Waals surface area contributed by atoms with Crippen molar-refractivity contribution < 1.29 is 9.59 Å². The van der Waals surface area contributed by atoms with E-state index >= 15 is 0 Å². The molecule has 0 N–H and O–H groups in total. The fourth-order valence-electron chi connectivity index (χ4n) is 4.19. The molecule has 3 rings (SSSR count). The number of carbonyl (C=O) groups is 2. The summed E-state index contributed by atoms with van der Waals surface area (Å²) in [5.74, 6) is 0.680. The Labute approximate surface area is 172 Å². The van der Waals surface area contributed by atoms with Crippen molar-refractivity contribution in [2.75, 3.05) is 0 Å². The molecule has 1 heterocycles. The number of ketones is 2. The molecular formula is C25H26N2O2. The van der Waals surface area contributed by atoms with Crippen LogP contribution in [0.2, 0.25) is 0 Å². The molecular weight excluding hydrogens is 360 g/mol. The highest BCUT2D eigenvalue weighted by Crippen LogP contribution is 2.39. The summed E-state index contributed by atoms with van der Waals surface area (Å²) in [6, 6.07) is 13.5. The van der Waals surface area contributed by atoms with Crippen LogP contribution in [0.5, 0.6) is 0 Å². The second kappa shape index (κ2) is 8.96. The van der Waals surface area contributed by atoms with Crippen LogP contribution in [0.3, 0.4) is 0 Å². The lowest BCUT2D eigenvalue weighted by atomic mass is 9.66. The first-order valence-electron chi connectivity index (χ1n) is 10.1. The van der Waals surface area contributed by atoms with E-state index in [-0.39, 0.29) is 23.4 Å². The summed E-state index contributed by atoms with van der Waals surface area (Å²) < 4.78 is 0. The monoisotopic (exact) mass is 386 g/mol. The van der Waals surface area contributed by atoms with Crippen molar-refractivity contribution in [2.24, 2.45) is 23.7 Å². The average Bonchev–Trinajstić information content (AvgIpc) is 2.72. The van der Waals surface area contributed by atoms with Gasteiger partial charge >= 0.3 is 0 Å². The number of Topliss-reactive ketones (excluding diaryl/α,β-unsaturated/α-hetero) is 2. The van der Waals surface area contributed by atoms with Crippen LogP contribution < -0.4 is 0 Å². The van der Waals surface area contributed by atoms with Crippen LogP contribution in [0, 0.1) is 35.0 Å². The van der Waals surface area contributed by atoms with Crippen molar-refractivity contribution in [1.29, 1.82) is 5.26 Å². The van der Waals surface area contributed by atoms with Gasteiger partial charge in [0.25, 0.3) is 0 Å². The zero-order valence-corrected chi connectivity index (χ0v) is 17.1. The van der Waals surface area contributed by atoms with Gasteiger partial charge in [-0.3, -0.25) is 9.78 Å². The first-order chi connectivity index (χ1) is 13.9. The second-order valence-electron chi connectivity index (χ2n) is 8.09. The van der Waals surface area contributed by atoms with E-state index in [9.17, 15) is 14.9 Å². The second-order valence-corrected chi connectivity index (χ2v) is 8.09. The third kappa shape index (κ3) is 4.68. The van der Waals surface area contributed by atoms with Crippen LogP contribution in [0.4, 0.5) is 0 Å². The minimum atomic E-state index is -0.239. The van der Waals surface area contributed by atoms with E-state index in [1.165, 1.54) is 0 Å². The highest BCUT2D eigenvalue weighted by Gasteiger charge is 2.39. The highest BCUT2D eigenvalue weighted by atomic mass is 16.1. The molecule has 29 heavy (non-hydrogen) atoms. The van der Waals surface area contributed by atoms with Gasteiger partial charge in [-0.1, -0.05) is 44.2 Å². The first-order valence-corrected chi connectivity index (χ1v) is 10.1. The molecule has 148 valence electrons. The molecule has 1 aliphatic carbocycles. The van der Waals surface area contributed by atoms with Crippen LogP contribution in [0.15, 0.2) is 48.7 Å². The van der Waals surface area contributed by atoms with Crippen molar-refractivity contribution >= 4 is 17.6 Å². The number of hydrogen-bond acceptors (Lipinski definition) is 4. The molecule has 1 saturated carbocycles. The van der Waals surface area contributed by atoms with E-state index in [0.29, 0.717) is 30.2 Å². The predicted octanol–water partition coefficient (Wildman–Crippen LogP) is 5.09. The molecule has 1 aromatic carbocycles. The molecule has 0 radical (unpaired) electrons. The van der Waals surface area contributed by atoms with Gasteiger partial charge in [0, 0.05) is 36.1 Å². The Balaban J connectivity index is 1.83. The largest absolute Gasteiger partial charge is 0.300 e. The molecule has 2 aromatic rings. The van der Waals surface area contributed by atoms with E-state index in [1.54, 1.807) is 19.2 Å². The Morgan fingerprint density at radius 1 is 1.24 bits per heavy atom. The number of benzene rings is 1. The Bertz CT molecular complexity index is 969. The highest BCUT2D eigenvalue weighted by molar-refractivity contribution is 5.88. The van der Waals surface area contributed by atoms with E-state index in [4.69, 9.17) is 0 Å². The molecule has 0 spiro atoms. The zero-order chi connectivity index (χ0) is 21.0. The summed E-state index contributed by atoms with van der Waals surface area (Å²) >= 11 is 0. The lowest BCUT2D eigenvalue weighted by molar-refractivity contribution is -0.133.